The molecule has 17 heavy (non-hydrogen) atoms. The lowest BCUT2D eigenvalue weighted by atomic mass is 10.1. The van der Waals surface area contributed by atoms with E-state index in [0.717, 1.165) is 5.39 Å². The highest BCUT2D eigenvalue weighted by Gasteiger charge is 2.01. The molecule has 1 aromatic carbocycles. The molecule has 0 atom stereocenters. The van der Waals surface area contributed by atoms with Crippen LogP contribution < -0.4 is 11.2 Å². The summed E-state index contributed by atoms with van der Waals surface area (Å²) in [4.78, 5) is 4.10. The second-order valence-corrected chi connectivity index (χ2v) is 3.74. The molecule has 0 aliphatic rings. The quantitative estimate of drug-likeness (QED) is 0.481. The molecule has 3 N–H and O–H groups in total. The minimum absolute atomic E-state index is 0.0627. The number of pyridine rings is 1. The number of nitrogens with two attached hydrogens (primary N) is 1. The van der Waals surface area contributed by atoms with Crippen molar-refractivity contribution in [3.05, 3.63) is 42.0 Å². The Morgan fingerprint density at radius 3 is 3.06 bits per heavy atom. The van der Waals surface area contributed by atoms with E-state index in [1.54, 1.807) is 18.3 Å². The molecule has 1 heterocycles. The molecule has 0 aliphatic heterocycles. The van der Waals surface area contributed by atoms with Crippen LogP contribution in [-0.4, -0.2) is 16.3 Å². The summed E-state index contributed by atoms with van der Waals surface area (Å²) in [5.74, 6) is -0.317. The molecule has 0 fully saturated rings. The fraction of sp³-hybridized carbons (Fsp3) is 0. The zero-order valence-electron chi connectivity index (χ0n) is 8.72. The average Bonchev–Trinajstić information content (AvgIpc) is 2.29. The number of rotatable bonds is 2. The summed E-state index contributed by atoms with van der Waals surface area (Å²) in [7, 11) is 0. The van der Waals surface area contributed by atoms with E-state index in [0.29, 0.717) is 11.1 Å². The molecule has 0 aliphatic carbocycles. The van der Waals surface area contributed by atoms with E-state index in [1.165, 1.54) is 18.3 Å². The van der Waals surface area contributed by atoms with Crippen molar-refractivity contribution >= 4 is 34.3 Å². The number of hydrazone groups is 1. The number of thiocarbonyl (C=S) groups is 1. The molecule has 0 radical (unpaired) electrons. The van der Waals surface area contributed by atoms with Crippen LogP contribution in [0.2, 0.25) is 0 Å². The molecule has 0 saturated carbocycles. The van der Waals surface area contributed by atoms with Gasteiger partial charge in [-0.25, -0.2) is 4.39 Å². The Morgan fingerprint density at radius 2 is 2.29 bits per heavy atom. The number of hydrogen-bond donors (Lipinski definition) is 2. The van der Waals surface area contributed by atoms with E-state index in [9.17, 15) is 4.39 Å². The minimum atomic E-state index is -0.317. The van der Waals surface area contributed by atoms with E-state index in [-0.39, 0.29) is 10.9 Å². The maximum atomic E-state index is 13.1. The fourth-order valence-electron chi connectivity index (χ4n) is 1.42. The number of nitrogens with zero attached hydrogens (tertiary/aromatic N) is 2. The highest BCUT2D eigenvalue weighted by Crippen LogP contribution is 2.16. The molecule has 2 rings (SSSR count). The smallest absolute Gasteiger partial charge is 0.184 e. The van der Waals surface area contributed by atoms with Gasteiger partial charge in [0.15, 0.2) is 5.11 Å². The van der Waals surface area contributed by atoms with E-state index < -0.39 is 0 Å². The zero-order valence-corrected chi connectivity index (χ0v) is 9.54. The third-order valence-corrected chi connectivity index (χ3v) is 2.21. The first-order chi connectivity index (χ1) is 8.16. The molecule has 4 nitrogen and oxygen atoms in total. The zero-order chi connectivity index (χ0) is 12.3. The standard InChI is InChI=1S/C11H9FN4S/c12-8-2-1-7-3-4-14-10(9(7)5-8)6-15-16-11(13)17/h1-6H,(H3,13,16,17)/b15-6+. The van der Waals surface area contributed by atoms with E-state index in [2.05, 4.69) is 27.7 Å². The van der Waals surface area contributed by atoms with Crippen molar-refractivity contribution < 1.29 is 4.39 Å². The molecule has 86 valence electrons. The van der Waals surface area contributed by atoms with Gasteiger partial charge in [0.1, 0.15) is 5.82 Å². The lowest BCUT2D eigenvalue weighted by Crippen LogP contribution is -2.24. The Bertz CT molecular complexity index is 597. The van der Waals surface area contributed by atoms with Crippen LogP contribution in [0, 0.1) is 5.82 Å². The van der Waals surface area contributed by atoms with Crippen LogP contribution in [0.3, 0.4) is 0 Å². The number of aromatic nitrogens is 1. The van der Waals surface area contributed by atoms with Crippen LogP contribution >= 0.6 is 12.2 Å². The molecule has 0 saturated heterocycles. The van der Waals surface area contributed by atoms with Gasteiger partial charge in [-0.3, -0.25) is 10.4 Å². The van der Waals surface area contributed by atoms with Crippen molar-refractivity contribution in [1.29, 1.82) is 0 Å². The van der Waals surface area contributed by atoms with Gasteiger partial charge in [-0.2, -0.15) is 5.10 Å². The second kappa shape index (κ2) is 4.84. The third-order valence-electron chi connectivity index (χ3n) is 2.12. The first-order valence-corrected chi connectivity index (χ1v) is 5.20. The van der Waals surface area contributed by atoms with E-state index in [4.69, 9.17) is 5.73 Å². The largest absolute Gasteiger partial charge is 0.375 e. The van der Waals surface area contributed by atoms with Gasteiger partial charge < -0.3 is 5.73 Å². The number of halogens is 1. The molecule has 0 bridgehead atoms. The van der Waals surface area contributed by atoms with Gasteiger partial charge in [-0.15, -0.1) is 0 Å². The highest BCUT2D eigenvalue weighted by atomic mass is 32.1. The van der Waals surface area contributed by atoms with Crippen molar-refractivity contribution in [3.8, 4) is 0 Å². The van der Waals surface area contributed by atoms with Crippen LogP contribution in [0.15, 0.2) is 35.6 Å². The monoisotopic (exact) mass is 248 g/mol. The van der Waals surface area contributed by atoms with E-state index >= 15 is 0 Å². The van der Waals surface area contributed by atoms with Crippen LogP contribution in [0.1, 0.15) is 5.69 Å². The first-order valence-electron chi connectivity index (χ1n) is 4.79. The SMILES string of the molecule is NC(=S)N/N=C/c1nccc2ccc(F)cc12. The summed E-state index contributed by atoms with van der Waals surface area (Å²) in [5, 5.41) is 5.43. The number of benzene rings is 1. The second-order valence-electron chi connectivity index (χ2n) is 3.30. The highest BCUT2D eigenvalue weighted by molar-refractivity contribution is 7.80. The maximum absolute atomic E-state index is 13.1. The van der Waals surface area contributed by atoms with Crippen molar-refractivity contribution in [2.75, 3.05) is 0 Å². The molecule has 0 unspecified atom stereocenters. The van der Waals surface area contributed by atoms with Crippen LogP contribution in [0.4, 0.5) is 4.39 Å². The summed E-state index contributed by atoms with van der Waals surface area (Å²) in [5.41, 5.74) is 8.18. The van der Waals surface area contributed by atoms with Gasteiger partial charge >= 0.3 is 0 Å². The van der Waals surface area contributed by atoms with Gasteiger partial charge in [-0.05, 0) is 35.8 Å². The Hall–Kier alpha value is -2.08. The van der Waals surface area contributed by atoms with Crippen LogP contribution in [0.5, 0.6) is 0 Å². The van der Waals surface area contributed by atoms with Crippen molar-refractivity contribution in [2.24, 2.45) is 10.8 Å². The Morgan fingerprint density at radius 1 is 1.47 bits per heavy atom. The van der Waals surface area contributed by atoms with Gasteiger partial charge in [0.2, 0.25) is 0 Å². The predicted octanol–water partition coefficient (Wildman–Crippen LogP) is 1.54. The third kappa shape index (κ3) is 2.73. The van der Waals surface area contributed by atoms with Gasteiger partial charge in [-0.1, -0.05) is 6.07 Å². The van der Waals surface area contributed by atoms with Crippen molar-refractivity contribution in [2.45, 2.75) is 0 Å². The first kappa shape index (κ1) is 11.4. The fourth-order valence-corrected chi connectivity index (χ4v) is 1.48. The Balaban J connectivity index is 2.43. The molecule has 0 spiro atoms. The summed E-state index contributed by atoms with van der Waals surface area (Å²) in [6.45, 7) is 0. The number of nitrogens with one attached hydrogen (secondary N) is 1. The van der Waals surface area contributed by atoms with Crippen LogP contribution in [0.25, 0.3) is 10.8 Å². The van der Waals surface area contributed by atoms with Crippen molar-refractivity contribution in [3.63, 3.8) is 0 Å². The van der Waals surface area contributed by atoms with Gasteiger partial charge in [0.05, 0.1) is 11.9 Å². The lowest BCUT2D eigenvalue weighted by Gasteiger charge is -2.01. The molecular weight excluding hydrogens is 239 g/mol. The van der Waals surface area contributed by atoms with Crippen LogP contribution in [-0.2, 0) is 0 Å². The molecule has 0 amide bonds. The Labute approximate surface area is 102 Å². The topological polar surface area (TPSA) is 63.3 Å². The minimum Gasteiger partial charge on any atom is -0.375 e. The molecule has 1 aromatic heterocycles. The molecule has 6 heteroatoms. The maximum Gasteiger partial charge on any atom is 0.184 e. The normalized spacial score (nSPS) is 10.9. The number of fused-ring (bicyclic) bond motifs is 1. The Kier molecular flexibility index (Phi) is 3.24. The van der Waals surface area contributed by atoms with E-state index in [1.807, 2.05) is 0 Å². The summed E-state index contributed by atoms with van der Waals surface area (Å²) >= 11 is 4.60. The summed E-state index contributed by atoms with van der Waals surface area (Å²) < 4.78 is 13.1. The molecule has 2 aromatic rings. The number of hydrogen-bond acceptors (Lipinski definition) is 3. The summed E-state index contributed by atoms with van der Waals surface area (Å²) in [6, 6.07) is 6.29. The van der Waals surface area contributed by atoms with Gasteiger partial charge in [0, 0.05) is 11.6 Å². The molecular formula is C11H9FN4S. The van der Waals surface area contributed by atoms with Crippen molar-refractivity contribution in [1.82, 2.24) is 10.4 Å². The average molecular weight is 248 g/mol. The predicted molar refractivity (Wildman–Crippen MR) is 69.2 cm³/mol. The lowest BCUT2D eigenvalue weighted by molar-refractivity contribution is 0.629. The van der Waals surface area contributed by atoms with Gasteiger partial charge in [0.25, 0.3) is 0 Å². The summed E-state index contributed by atoms with van der Waals surface area (Å²) in [6.07, 6.45) is 3.07.